The van der Waals surface area contributed by atoms with E-state index in [9.17, 15) is 4.79 Å². The lowest BCUT2D eigenvalue weighted by molar-refractivity contribution is -0.122. The molecular weight excluding hydrogens is 416 g/mol. The van der Waals surface area contributed by atoms with Gasteiger partial charge < -0.3 is 36.2 Å². The smallest absolute Gasteiger partial charge is 0.247 e. The fourth-order valence-electron chi connectivity index (χ4n) is 4.11. The number of anilines is 1. The SMILES string of the molecule is C[C@H](NC1=C(N)N(C)COC1)C(=O)NC1=CSC(c2cnc(N3CC4CC4C3)nc2)N1. The molecule has 1 saturated carbocycles. The van der Waals surface area contributed by atoms with Crippen LogP contribution in [0.15, 0.2) is 35.1 Å². The van der Waals surface area contributed by atoms with E-state index in [1.165, 1.54) is 6.42 Å². The van der Waals surface area contributed by atoms with E-state index >= 15 is 0 Å². The summed E-state index contributed by atoms with van der Waals surface area (Å²) in [5.41, 5.74) is 7.76. The first-order chi connectivity index (χ1) is 15.0. The first-order valence-electron chi connectivity index (χ1n) is 10.5. The number of aromatic nitrogens is 2. The Labute approximate surface area is 185 Å². The van der Waals surface area contributed by atoms with Gasteiger partial charge in [0.1, 0.15) is 29.8 Å². The molecule has 0 bridgehead atoms. The van der Waals surface area contributed by atoms with E-state index in [-0.39, 0.29) is 11.3 Å². The Kier molecular flexibility index (Phi) is 5.30. The lowest BCUT2D eigenvalue weighted by atomic mass is 10.2. The maximum atomic E-state index is 12.6. The van der Waals surface area contributed by atoms with Gasteiger partial charge in [0.05, 0.1) is 12.3 Å². The van der Waals surface area contributed by atoms with E-state index in [4.69, 9.17) is 10.5 Å². The number of carbonyl (C=O) groups excluding carboxylic acids is 1. The number of piperidine rings is 1. The van der Waals surface area contributed by atoms with E-state index in [1.54, 1.807) is 23.6 Å². The molecule has 3 unspecified atom stereocenters. The molecule has 166 valence electrons. The summed E-state index contributed by atoms with van der Waals surface area (Å²) in [6, 6.07) is -0.468. The van der Waals surface area contributed by atoms with Crippen LogP contribution in [0, 0.1) is 11.8 Å². The quantitative estimate of drug-likeness (QED) is 0.484. The molecule has 4 heterocycles. The maximum absolute atomic E-state index is 12.6. The largest absolute Gasteiger partial charge is 0.384 e. The predicted molar refractivity (Wildman–Crippen MR) is 118 cm³/mol. The Morgan fingerprint density at radius 3 is 2.84 bits per heavy atom. The summed E-state index contributed by atoms with van der Waals surface area (Å²) < 4.78 is 5.44. The van der Waals surface area contributed by atoms with Gasteiger partial charge in [-0.1, -0.05) is 0 Å². The van der Waals surface area contributed by atoms with Crippen molar-refractivity contribution in [1.82, 2.24) is 30.8 Å². The molecule has 1 aliphatic carbocycles. The first kappa shape index (κ1) is 20.3. The maximum Gasteiger partial charge on any atom is 0.247 e. The standard InChI is InChI=1S/C20H28N8O2S/c1-11(24-15-8-30-10-27(2)17(15)21)18(29)25-16-9-31-19(26-16)14-4-22-20(23-5-14)28-6-12-3-13(12)7-28/h4-5,9,11-13,19,24,26H,3,6-8,10,21H2,1-2H3,(H,25,29)/t11-,12?,13?,19?/m0/s1. The van der Waals surface area contributed by atoms with E-state index in [2.05, 4.69) is 30.8 Å². The van der Waals surface area contributed by atoms with Crippen LogP contribution in [0.4, 0.5) is 5.95 Å². The zero-order valence-electron chi connectivity index (χ0n) is 17.7. The molecule has 1 aromatic rings. The number of nitrogens with two attached hydrogens (primary N) is 1. The molecule has 4 atom stereocenters. The molecule has 10 nitrogen and oxygen atoms in total. The minimum atomic E-state index is -0.468. The zero-order valence-corrected chi connectivity index (χ0v) is 18.5. The van der Waals surface area contributed by atoms with Crippen molar-refractivity contribution >= 4 is 23.6 Å². The van der Waals surface area contributed by atoms with Crippen LogP contribution in [0.25, 0.3) is 0 Å². The number of fused-ring (bicyclic) bond motifs is 1. The third-order valence-corrected chi connectivity index (χ3v) is 7.16. The van der Waals surface area contributed by atoms with Gasteiger partial charge >= 0.3 is 0 Å². The molecule has 4 aliphatic rings. The second kappa shape index (κ2) is 8.12. The van der Waals surface area contributed by atoms with Crippen LogP contribution in [-0.2, 0) is 9.53 Å². The number of rotatable bonds is 6. The molecule has 31 heavy (non-hydrogen) atoms. The van der Waals surface area contributed by atoms with Crippen molar-refractivity contribution < 1.29 is 9.53 Å². The van der Waals surface area contributed by atoms with Crippen LogP contribution in [0.1, 0.15) is 24.3 Å². The third kappa shape index (κ3) is 4.24. The van der Waals surface area contributed by atoms with Crippen LogP contribution < -0.4 is 26.6 Å². The second-order valence-electron chi connectivity index (χ2n) is 8.56. The number of nitrogens with zero attached hydrogens (tertiary/aromatic N) is 4. The molecule has 1 saturated heterocycles. The summed E-state index contributed by atoms with van der Waals surface area (Å²) >= 11 is 1.58. The van der Waals surface area contributed by atoms with Crippen molar-refractivity contribution in [2.24, 2.45) is 17.6 Å². The third-order valence-electron chi connectivity index (χ3n) is 6.12. The Morgan fingerprint density at radius 1 is 1.35 bits per heavy atom. The highest BCUT2D eigenvalue weighted by Crippen LogP contribution is 2.45. The van der Waals surface area contributed by atoms with Crippen molar-refractivity contribution in [3.05, 3.63) is 40.7 Å². The molecule has 1 amide bonds. The normalized spacial score (nSPS) is 28.1. The summed E-state index contributed by atoms with van der Waals surface area (Å²) in [6.07, 6.45) is 5.10. The number of hydrogen-bond donors (Lipinski definition) is 4. The lowest BCUT2D eigenvalue weighted by Crippen LogP contribution is -2.46. The van der Waals surface area contributed by atoms with Gasteiger partial charge in [-0.2, -0.15) is 0 Å². The van der Waals surface area contributed by atoms with Gasteiger partial charge in [0, 0.05) is 43.5 Å². The molecule has 5 N–H and O–H groups in total. The minimum Gasteiger partial charge on any atom is -0.384 e. The average Bonchev–Trinajstić information content (AvgIpc) is 3.14. The summed E-state index contributed by atoms with van der Waals surface area (Å²) in [6.45, 7) is 4.75. The lowest BCUT2D eigenvalue weighted by Gasteiger charge is -2.29. The number of nitrogens with one attached hydrogen (secondary N) is 3. The van der Waals surface area contributed by atoms with Crippen LogP contribution in [-0.4, -0.2) is 60.3 Å². The van der Waals surface area contributed by atoms with Crippen molar-refractivity contribution in [3.63, 3.8) is 0 Å². The monoisotopic (exact) mass is 444 g/mol. The van der Waals surface area contributed by atoms with Crippen LogP contribution >= 0.6 is 11.8 Å². The zero-order chi connectivity index (χ0) is 21.5. The molecule has 3 aliphatic heterocycles. The van der Waals surface area contributed by atoms with Crippen LogP contribution in [0.3, 0.4) is 0 Å². The minimum absolute atomic E-state index is 0.0293. The van der Waals surface area contributed by atoms with E-state index in [0.29, 0.717) is 30.7 Å². The highest BCUT2D eigenvalue weighted by Gasteiger charge is 2.45. The van der Waals surface area contributed by atoms with E-state index in [0.717, 1.165) is 36.4 Å². The van der Waals surface area contributed by atoms with Gasteiger partial charge in [0.2, 0.25) is 11.9 Å². The van der Waals surface area contributed by atoms with E-state index in [1.807, 2.05) is 24.8 Å². The van der Waals surface area contributed by atoms with Gasteiger partial charge in [-0.3, -0.25) is 4.79 Å². The van der Waals surface area contributed by atoms with Crippen molar-refractivity contribution in [1.29, 1.82) is 0 Å². The molecule has 1 aromatic heterocycles. The Balaban J connectivity index is 1.12. The number of hydrogen-bond acceptors (Lipinski definition) is 10. The van der Waals surface area contributed by atoms with Gasteiger partial charge in [-0.15, -0.1) is 11.8 Å². The summed E-state index contributed by atoms with van der Waals surface area (Å²) in [7, 11) is 1.84. The Morgan fingerprint density at radius 2 is 2.10 bits per heavy atom. The second-order valence-corrected chi connectivity index (χ2v) is 9.54. The van der Waals surface area contributed by atoms with Crippen molar-refractivity contribution in [3.8, 4) is 0 Å². The number of thioether (sulfide) groups is 1. The number of amides is 1. The Hall–Kier alpha value is -2.66. The number of ether oxygens (including phenoxy) is 1. The average molecular weight is 445 g/mol. The van der Waals surface area contributed by atoms with Gasteiger partial charge in [-0.05, 0) is 25.2 Å². The molecule has 5 rings (SSSR count). The Bertz CT molecular complexity index is 910. The fraction of sp³-hybridized carbons (Fsp3) is 0.550. The van der Waals surface area contributed by atoms with Crippen LogP contribution in [0.2, 0.25) is 0 Å². The molecule has 0 radical (unpaired) electrons. The molecule has 0 aromatic carbocycles. The molecule has 2 fully saturated rings. The first-order valence-corrected chi connectivity index (χ1v) is 11.5. The fourth-order valence-corrected chi connectivity index (χ4v) is 4.98. The molecular formula is C20H28N8O2S. The topological polar surface area (TPSA) is 121 Å². The van der Waals surface area contributed by atoms with Crippen molar-refractivity contribution in [2.45, 2.75) is 24.8 Å². The van der Waals surface area contributed by atoms with Crippen LogP contribution in [0.5, 0.6) is 0 Å². The van der Waals surface area contributed by atoms with E-state index < -0.39 is 6.04 Å². The van der Waals surface area contributed by atoms with Gasteiger partial charge in [0.25, 0.3) is 0 Å². The summed E-state index contributed by atoms with van der Waals surface area (Å²) in [5, 5.41) is 11.3. The highest BCUT2D eigenvalue weighted by atomic mass is 32.2. The molecule has 11 heteroatoms. The van der Waals surface area contributed by atoms with Gasteiger partial charge in [0.15, 0.2) is 0 Å². The number of carbonyl (C=O) groups is 1. The highest BCUT2D eigenvalue weighted by molar-refractivity contribution is 8.02. The van der Waals surface area contributed by atoms with Gasteiger partial charge in [-0.25, -0.2) is 9.97 Å². The summed E-state index contributed by atoms with van der Waals surface area (Å²) in [5.74, 6) is 3.60. The predicted octanol–water partition coefficient (Wildman–Crippen LogP) is 0.208. The van der Waals surface area contributed by atoms with Crippen molar-refractivity contribution in [2.75, 3.05) is 38.4 Å². The molecule has 0 spiro atoms. The summed E-state index contributed by atoms with van der Waals surface area (Å²) in [4.78, 5) is 25.8.